The Morgan fingerprint density at radius 2 is 1.17 bits per heavy atom. The summed E-state index contributed by atoms with van der Waals surface area (Å²) in [6.07, 6.45) is -15.6. The molecule has 0 radical (unpaired) electrons. The highest BCUT2D eigenvalue weighted by Gasteiger charge is 2.50. The minimum Gasteiger partial charge on any atom is -0.394 e. The van der Waals surface area contributed by atoms with E-state index in [0.29, 0.717) is 0 Å². The number of ether oxygens (including phenoxy) is 3. The lowest BCUT2D eigenvalue weighted by molar-refractivity contribution is -0.361. The lowest BCUT2D eigenvalue weighted by atomic mass is 9.97. The zero-order valence-corrected chi connectivity index (χ0v) is 12.0. The fourth-order valence-electron chi connectivity index (χ4n) is 2.55. The molecule has 4 unspecified atom stereocenters. The maximum Gasteiger partial charge on any atom is 0.187 e. The molecule has 2 saturated heterocycles. The van der Waals surface area contributed by atoms with Crippen molar-refractivity contribution in [2.75, 3.05) is 13.2 Å². The highest BCUT2D eigenvalue weighted by molar-refractivity contribution is 4.93. The molecule has 11 nitrogen and oxygen atoms in total. The first-order valence-electron chi connectivity index (χ1n) is 7.08. The van der Waals surface area contributed by atoms with E-state index in [2.05, 4.69) is 0 Å². The molecule has 0 aliphatic carbocycles. The Morgan fingerprint density at radius 1 is 0.652 bits per heavy atom. The summed E-state index contributed by atoms with van der Waals surface area (Å²) in [6, 6.07) is 0. The number of aliphatic hydroxyl groups excluding tert-OH is 8. The highest BCUT2D eigenvalue weighted by atomic mass is 16.7. The van der Waals surface area contributed by atoms with Gasteiger partial charge in [-0.1, -0.05) is 0 Å². The SMILES string of the molecule is OCC1O[C@H](OC2[C@H](O)OC(CO)[C@@H](O)[C@@H]2O)C(O)[C@@H](O)[C@@H]1O. The Kier molecular flexibility index (Phi) is 6.27. The van der Waals surface area contributed by atoms with Gasteiger partial charge in [0.25, 0.3) is 0 Å². The van der Waals surface area contributed by atoms with E-state index in [9.17, 15) is 30.6 Å². The Balaban J connectivity index is 2.08. The molecule has 10 atom stereocenters. The molecule has 2 aliphatic rings. The van der Waals surface area contributed by atoms with Crippen LogP contribution in [0.1, 0.15) is 0 Å². The summed E-state index contributed by atoms with van der Waals surface area (Å²) in [5, 5.41) is 76.7. The maximum atomic E-state index is 9.94. The van der Waals surface area contributed by atoms with Gasteiger partial charge in [-0.2, -0.15) is 0 Å². The van der Waals surface area contributed by atoms with Crippen molar-refractivity contribution in [2.45, 2.75) is 61.4 Å². The van der Waals surface area contributed by atoms with E-state index in [1.54, 1.807) is 0 Å². The summed E-state index contributed by atoms with van der Waals surface area (Å²) in [6.45, 7) is -1.33. The van der Waals surface area contributed by atoms with E-state index in [4.69, 9.17) is 24.4 Å². The topological polar surface area (TPSA) is 190 Å². The third-order valence-corrected chi connectivity index (χ3v) is 3.98. The minimum absolute atomic E-state index is 0.651. The molecule has 0 spiro atoms. The molecular weight excluding hydrogens is 320 g/mol. The fraction of sp³-hybridized carbons (Fsp3) is 1.00. The zero-order chi connectivity index (χ0) is 17.3. The van der Waals surface area contributed by atoms with Crippen LogP contribution in [-0.4, -0.2) is 115 Å². The molecule has 0 bridgehead atoms. The van der Waals surface area contributed by atoms with Crippen LogP contribution in [-0.2, 0) is 14.2 Å². The molecule has 8 N–H and O–H groups in total. The summed E-state index contributed by atoms with van der Waals surface area (Å²) in [5.74, 6) is 0. The maximum absolute atomic E-state index is 9.94. The van der Waals surface area contributed by atoms with Crippen molar-refractivity contribution >= 4 is 0 Å². The van der Waals surface area contributed by atoms with Crippen LogP contribution >= 0.6 is 0 Å². The highest BCUT2D eigenvalue weighted by Crippen LogP contribution is 2.28. The van der Waals surface area contributed by atoms with E-state index >= 15 is 0 Å². The van der Waals surface area contributed by atoms with Gasteiger partial charge in [0.05, 0.1) is 13.2 Å². The van der Waals surface area contributed by atoms with E-state index in [-0.39, 0.29) is 0 Å². The molecule has 136 valence electrons. The van der Waals surface area contributed by atoms with Crippen LogP contribution in [0, 0.1) is 0 Å². The lowest BCUT2D eigenvalue weighted by Gasteiger charge is -2.44. The van der Waals surface area contributed by atoms with Gasteiger partial charge in [-0.25, -0.2) is 0 Å². The van der Waals surface area contributed by atoms with Crippen molar-refractivity contribution in [2.24, 2.45) is 0 Å². The molecule has 0 saturated carbocycles. The molecule has 0 aromatic heterocycles. The van der Waals surface area contributed by atoms with Crippen molar-refractivity contribution in [1.82, 2.24) is 0 Å². The quantitative estimate of drug-likeness (QED) is 0.243. The van der Waals surface area contributed by atoms with E-state index in [1.165, 1.54) is 0 Å². The minimum atomic E-state index is -1.75. The molecule has 0 aromatic rings. The normalized spacial score (nSPS) is 51.7. The Hall–Kier alpha value is -0.440. The van der Waals surface area contributed by atoms with Crippen LogP contribution in [0.3, 0.4) is 0 Å². The van der Waals surface area contributed by atoms with Gasteiger partial charge in [0.2, 0.25) is 0 Å². The first kappa shape index (κ1) is 18.9. The second-order valence-corrected chi connectivity index (χ2v) is 5.53. The third-order valence-electron chi connectivity index (χ3n) is 3.98. The second kappa shape index (κ2) is 7.63. The number of hydrogen-bond acceptors (Lipinski definition) is 11. The molecule has 2 fully saturated rings. The Bertz CT molecular complexity index is 380. The predicted octanol–water partition coefficient (Wildman–Crippen LogP) is -5.40. The molecule has 0 aromatic carbocycles. The molecule has 2 aliphatic heterocycles. The van der Waals surface area contributed by atoms with Crippen LogP contribution in [0.2, 0.25) is 0 Å². The fourth-order valence-corrected chi connectivity index (χ4v) is 2.55. The first-order chi connectivity index (χ1) is 10.8. The van der Waals surface area contributed by atoms with Gasteiger partial charge in [-0.15, -0.1) is 0 Å². The summed E-state index contributed by atoms with van der Waals surface area (Å²) in [7, 11) is 0. The predicted molar refractivity (Wildman–Crippen MR) is 68.6 cm³/mol. The van der Waals surface area contributed by atoms with Gasteiger partial charge in [0, 0.05) is 0 Å². The standard InChI is InChI=1S/C12H22O11/c13-1-3-6(16)8(18)10(11(20)21-3)23-12-9(19)7(17)5(15)4(2-14)22-12/h3-20H,1-2H2/t3?,4?,5-,6-,7+,8+,9?,10?,11-,12-/m1/s1. The monoisotopic (exact) mass is 342 g/mol. The van der Waals surface area contributed by atoms with Crippen LogP contribution in [0.4, 0.5) is 0 Å². The van der Waals surface area contributed by atoms with Gasteiger partial charge in [0.15, 0.2) is 12.6 Å². The average molecular weight is 342 g/mol. The second-order valence-electron chi connectivity index (χ2n) is 5.53. The largest absolute Gasteiger partial charge is 0.394 e. The molecule has 23 heavy (non-hydrogen) atoms. The zero-order valence-electron chi connectivity index (χ0n) is 12.0. The van der Waals surface area contributed by atoms with E-state index < -0.39 is 74.6 Å². The number of rotatable bonds is 4. The summed E-state index contributed by atoms with van der Waals surface area (Å²) in [5.41, 5.74) is 0. The van der Waals surface area contributed by atoms with Crippen LogP contribution < -0.4 is 0 Å². The van der Waals surface area contributed by atoms with Crippen molar-refractivity contribution in [1.29, 1.82) is 0 Å². The molecule has 2 heterocycles. The van der Waals surface area contributed by atoms with Crippen molar-refractivity contribution in [3.8, 4) is 0 Å². The summed E-state index contributed by atoms with van der Waals surface area (Å²) >= 11 is 0. The van der Waals surface area contributed by atoms with E-state index in [1.807, 2.05) is 0 Å². The van der Waals surface area contributed by atoms with Gasteiger partial charge in [-0.05, 0) is 0 Å². The van der Waals surface area contributed by atoms with Crippen LogP contribution in [0.25, 0.3) is 0 Å². The lowest BCUT2D eigenvalue weighted by Crippen LogP contribution is -2.64. The molecule has 2 rings (SSSR count). The van der Waals surface area contributed by atoms with Gasteiger partial charge in [-0.3, -0.25) is 0 Å². The van der Waals surface area contributed by atoms with Gasteiger partial charge < -0.3 is 55.1 Å². The summed E-state index contributed by atoms with van der Waals surface area (Å²) in [4.78, 5) is 0. The van der Waals surface area contributed by atoms with E-state index in [0.717, 1.165) is 0 Å². The number of hydrogen-bond donors (Lipinski definition) is 8. The Morgan fingerprint density at radius 3 is 1.74 bits per heavy atom. The van der Waals surface area contributed by atoms with Gasteiger partial charge >= 0.3 is 0 Å². The smallest absolute Gasteiger partial charge is 0.187 e. The van der Waals surface area contributed by atoms with Crippen LogP contribution in [0.15, 0.2) is 0 Å². The molecule has 11 heteroatoms. The van der Waals surface area contributed by atoms with Crippen LogP contribution in [0.5, 0.6) is 0 Å². The van der Waals surface area contributed by atoms with Crippen molar-refractivity contribution in [3.63, 3.8) is 0 Å². The molecular formula is C12H22O11. The average Bonchev–Trinajstić information content (AvgIpc) is 2.54. The summed E-state index contributed by atoms with van der Waals surface area (Å²) < 4.78 is 15.1. The third kappa shape index (κ3) is 3.65. The van der Waals surface area contributed by atoms with Crippen molar-refractivity contribution in [3.05, 3.63) is 0 Å². The number of aliphatic hydroxyl groups is 8. The molecule has 0 amide bonds. The van der Waals surface area contributed by atoms with Gasteiger partial charge in [0.1, 0.15) is 48.8 Å². The van der Waals surface area contributed by atoms with Crippen molar-refractivity contribution < 1.29 is 55.1 Å². The first-order valence-corrected chi connectivity index (χ1v) is 7.08. The Labute approximate surface area is 130 Å².